The van der Waals surface area contributed by atoms with Gasteiger partial charge in [-0.2, -0.15) is 0 Å². The summed E-state index contributed by atoms with van der Waals surface area (Å²) in [6.07, 6.45) is 4.77. The number of aliphatic hydroxyl groups excluding tert-OH is 1. The molecule has 0 saturated heterocycles. The van der Waals surface area contributed by atoms with Crippen LogP contribution < -0.4 is 5.73 Å². The number of benzene rings is 1. The van der Waals surface area contributed by atoms with E-state index in [-0.39, 0.29) is 24.0 Å². The molecule has 0 heterocycles. The third kappa shape index (κ3) is 4.39. The van der Waals surface area contributed by atoms with E-state index in [1.54, 1.807) is 12.1 Å². The Hall–Kier alpha value is -0.690. The Morgan fingerprint density at radius 3 is 2.52 bits per heavy atom. The average molecular weight is 380 g/mol. The van der Waals surface area contributed by atoms with Gasteiger partial charge in [0, 0.05) is 6.07 Å². The van der Waals surface area contributed by atoms with Crippen molar-refractivity contribution >= 4 is 34.0 Å². The van der Waals surface area contributed by atoms with Crippen molar-refractivity contribution < 1.29 is 10.0 Å². The van der Waals surface area contributed by atoms with Gasteiger partial charge < -0.3 is 10.8 Å². The van der Waals surface area contributed by atoms with Crippen molar-refractivity contribution in [1.29, 1.82) is 0 Å². The first-order valence-corrected chi connectivity index (χ1v) is 7.67. The van der Waals surface area contributed by atoms with Gasteiger partial charge in [0.05, 0.1) is 21.5 Å². The molecule has 0 aromatic heterocycles. The van der Waals surface area contributed by atoms with Crippen molar-refractivity contribution in [3.05, 3.63) is 38.3 Å². The zero-order chi connectivity index (χ0) is 14.7. The summed E-state index contributed by atoms with van der Waals surface area (Å²) in [7, 11) is 0. The Labute approximate surface area is 138 Å². The first-order valence-electron chi connectivity index (χ1n) is 6.88. The molecule has 1 aromatic carbocycles. The topological polar surface area (TPSA) is 89.4 Å². The van der Waals surface area contributed by atoms with Gasteiger partial charge in [-0.25, -0.2) is 0 Å². The average Bonchev–Trinajstić information content (AvgIpc) is 2.47. The molecule has 21 heavy (non-hydrogen) atoms. The molecule has 1 fully saturated rings. The number of nitrogens with zero attached hydrogens (tertiary/aromatic N) is 1. The smallest absolute Gasteiger partial charge is 0.283 e. The van der Waals surface area contributed by atoms with E-state index in [9.17, 15) is 15.2 Å². The fraction of sp³-hybridized carbons (Fsp3) is 0.571. The fourth-order valence-corrected chi connectivity index (χ4v) is 3.23. The van der Waals surface area contributed by atoms with Gasteiger partial charge in [0.15, 0.2) is 0 Å². The predicted octanol–water partition coefficient (Wildman–Crippen LogP) is 3.72. The number of nitrogens with two attached hydrogens (primary N) is 1. The summed E-state index contributed by atoms with van der Waals surface area (Å²) in [5.41, 5.74) is 6.69. The van der Waals surface area contributed by atoms with Crippen LogP contribution in [0.1, 0.15) is 43.7 Å². The fourth-order valence-electron chi connectivity index (χ4n) is 2.84. The molecule has 5 nitrogen and oxygen atoms in total. The summed E-state index contributed by atoms with van der Waals surface area (Å²) in [4.78, 5) is 10.5. The summed E-state index contributed by atoms with van der Waals surface area (Å²) >= 11 is 3.15. The van der Waals surface area contributed by atoms with E-state index in [0.29, 0.717) is 10.0 Å². The zero-order valence-corrected chi connectivity index (χ0v) is 14.0. The van der Waals surface area contributed by atoms with E-state index in [2.05, 4.69) is 15.9 Å². The van der Waals surface area contributed by atoms with E-state index in [1.165, 1.54) is 12.5 Å². The summed E-state index contributed by atoms with van der Waals surface area (Å²) in [6.45, 7) is 0. The number of hydrogen-bond donors (Lipinski definition) is 2. The quantitative estimate of drug-likeness (QED) is 0.616. The van der Waals surface area contributed by atoms with E-state index in [4.69, 9.17) is 5.73 Å². The lowest BCUT2D eigenvalue weighted by Crippen LogP contribution is -2.34. The van der Waals surface area contributed by atoms with Crippen LogP contribution in [0.4, 0.5) is 5.69 Å². The van der Waals surface area contributed by atoms with Crippen molar-refractivity contribution in [3.8, 4) is 0 Å². The van der Waals surface area contributed by atoms with Crippen molar-refractivity contribution in [2.24, 2.45) is 11.7 Å². The van der Waals surface area contributed by atoms with E-state index < -0.39 is 17.1 Å². The number of rotatable bonds is 4. The van der Waals surface area contributed by atoms with Gasteiger partial charge in [-0.3, -0.25) is 10.1 Å². The SMILES string of the molecule is Cl.N[C@H](c1ccc(Br)c([N+](=O)[O-])c1)[C@@H](O)C1CCCCC1. The minimum Gasteiger partial charge on any atom is -0.391 e. The maximum Gasteiger partial charge on any atom is 0.283 e. The molecule has 0 amide bonds. The first kappa shape index (κ1) is 18.4. The second-order valence-corrected chi connectivity index (χ2v) is 6.24. The molecule has 2 atom stereocenters. The highest BCUT2D eigenvalue weighted by Crippen LogP contribution is 2.33. The molecule has 0 radical (unpaired) electrons. The van der Waals surface area contributed by atoms with E-state index >= 15 is 0 Å². The number of nitro groups is 1. The highest BCUT2D eigenvalue weighted by atomic mass is 79.9. The molecular weight excluding hydrogens is 360 g/mol. The molecule has 0 spiro atoms. The van der Waals surface area contributed by atoms with Gasteiger partial charge in [-0.05, 0) is 46.3 Å². The summed E-state index contributed by atoms with van der Waals surface area (Å²) in [6, 6.07) is 4.21. The second-order valence-electron chi connectivity index (χ2n) is 5.38. The molecular formula is C14H20BrClN2O3. The Morgan fingerprint density at radius 1 is 1.33 bits per heavy atom. The van der Waals surface area contributed by atoms with Gasteiger partial charge in [0.1, 0.15) is 0 Å². The monoisotopic (exact) mass is 378 g/mol. The van der Waals surface area contributed by atoms with Gasteiger partial charge in [0.25, 0.3) is 5.69 Å². The van der Waals surface area contributed by atoms with Crippen LogP contribution in [-0.4, -0.2) is 16.1 Å². The van der Waals surface area contributed by atoms with Crippen LogP contribution in [0.25, 0.3) is 0 Å². The molecule has 0 aliphatic heterocycles. The number of aliphatic hydroxyl groups is 1. The molecule has 3 N–H and O–H groups in total. The highest BCUT2D eigenvalue weighted by Gasteiger charge is 2.28. The zero-order valence-electron chi connectivity index (χ0n) is 11.6. The van der Waals surface area contributed by atoms with Gasteiger partial charge in [0.2, 0.25) is 0 Å². The number of nitro benzene ring substituents is 1. The van der Waals surface area contributed by atoms with Crippen LogP contribution in [0, 0.1) is 16.0 Å². The van der Waals surface area contributed by atoms with Crippen LogP contribution in [0.15, 0.2) is 22.7 Å². The largest absolute Gasteiger partial charge is 0.391 e. The third-order valence-corrected chi connectivity index (χ3v) is 4.72. The Bertz CT molecular complexity index is 495. The third-order valence-electron chi connectivity index (χ3n) is 4.05. The molecule has 0 unspecified atom stereocenters. The number of hydrogen-bond acceptors (Lipinski definition) is 4. The van der Waals surface area contributed by atoms with Crippen molar-refractivity contribution in [2.45, 2.75) is 44.2 Å². The minimum absolute atomic E-state index is 0. The number of halogens is 2. The van der Waals surface area contributed by atoms with Crippen LogP contribution in [0.2, 0.25) is 0 Å². The van der Waals surface area contributed by atoms with Gasteiger partial charge >= 0.3 is 0 Å². The van der Waals surface area contributed by atoms with Crippen LogP contribution in [-0.2, 0) is 0 Å². The van der Waals surface area contributed by atoms with Crippen molar-refractivity contribution in [3.63, 3.8) is 0 Å². The molecule has 118 valence electrons. The van der Waals surface area contributed by atoms with Crippen LogP contribution >= 0.6 is 28.3 Å². The molecule has 1 saturated carbocycles. The molecule has 1 aliphatic rings. The Kier molecular flexibility index (Phi) is 7.06. The van der Waals surface area contributed by atoms with Gasteiger partial charge in [-0.15, -0.1) is 12.4 Å². The van der Waals surface area contributed by atoms with Gasteiger partial charge in [-0.1, -0.05) is 25.3 Å². The highest BCUT2D eigenvalue weighted by molar-refractivity contribution is 9.10. The molecule has 2 rings (SSSR count). The second kappa shape index (κ2) is 8.08. The molecule has 7 heteroatoms. The van der Waals surface area contributed by atoms with Crippen molar-refractivity contribution in [1.82, 2.24) is 0 Å². The maximum absolute atomic E-state index is 10.9. The maximum atomic E-state index is 10.9. The lowest BCUT2D eigenvalue weighted by atomic mass is 9.81. The van der Waals surface area contributed by atoms with Crippen molar-refractivity contribution in [2.75, 3.05) is 0 Å². The lowest BCUT2D eigenvalue weighted by molar-refractivity contribution is -0.385. The molecule has 1 aromatic rings. The van der Waals surface area contributed by atoms with Crippen LogP contribution in [0.5, 0.6) is 0 Å². The minimum atomic E-state index is -0.643. The summed E-state index contributed by atoms with van der Waals surface area (Å²) in [5.74, 6) is 0.196. The standard InChI is InChI=1S/C14H19BrN2O3.ClH/c15-11-7-6-10(8-12(11)17(19)20)13(16)14(18)9-4-2-1-3-5-9;/h6-9,13-14,18H,1-5,16H2;1H/t13-,14+;/m1./s1. The normalized spacial score (nSPS) is 18.6. The lowest BCUT2D eigenvalue weighted by Gasteiger charge is -2.30. The Morgan fingerprint density at radius 2 is 1.95 bits per heavy atom. The molecule has 1 aliphatic carbocycles. The molecule has 0 bridgehead atoms. The summed E-state index contributed by atoms with van der Waals surface area (Å²) < 4.78 is 0.422. The van der Waals surface area contributed by atoms with E-state index in [1.807, 2.05) is 0 Å². The van der Waals surface area contributed by atoms with Crippen LogP contribution in [0.3, 0.4) is 0 Å². The first-order chi connectivity index (χ1) is 9.50. The summed E-state index contributed by atoms with van der Waals surface area (Å²) in [5, 5.41) is 21.3. The predicted molar refractivity (Wildman–Crippen MR) is 87.6 cm³/mol. The Balaban J connectivity index is 0.00000220. The van der Waals surface area contributed by atoms with E-state index in [0.717, 1.165) is 25.7 Å².